The Bertz CT molecular complexity index is 998. The molecular formula is C25H28N2O2. The molecule has 3 aliphatic rings. The molecule has 4 nitrogen and oxygen atoms in total. The molecule has 1 unspecified atom stereocenters. The van der Waals surface area contributed by atoms with E-state index < -0.39 is 5.60 Å². The molecule has 2 heterocycles. The third-order valence-corrected chi connectivity index (χ3v) is 6.59. The Morgan fingerprint density at radius 3 is 2.72 bits per heavy atom. The van der Waals surface area contributed by atoms with Crippen LogP contribution in [-0.4, -0.2) is 32.5 Å². The topological polar surface area (TPSA) is 53.4 Å². The van der Waals surface area contributed by atoms with Crippen LogP contribution >= 0.6 is 0 Å². The van der Waals surface area contributed by atoms with Crippen molar-refractivity contribution in [3.05, 3.63) is 64.0 Å². The number of hydrogen-bond acceptors (Lipinski definition) is 3. The number of benzene rings is 1. The van der Waals surface area contributed by atoms with Crippen LogP contribution in [0.4, 0.5) is 0 Å². The van der Waals surface area contributed by atoms with Gasteiger partial charge >= 0.3 is 0 Å². The maximum absolute atomic E-state index is 13.4. The standard InChI is InChI=1S/C25H28N2O2/c1-25(2,29)23(18-11-12-18)27-15-19-6-3-5-17(22(19)24(27)28)10-9-16-13-14-26-21-8-4-7-20(16)21/h3,5-6,9-10,13-14,18,23,29H,4,7-8,11-12,15H2,1-2H3. The molecule has 0 radical (unpaired) electrons. The number of pyridine rings is 1. The maximum Gasteiger partial charge on any atom is 0.255 e. The Kier molecular flexibility index (Phi) is 4.36. The predicted octanol–water partition coefficient (Wildman–Crippen LogP) is 4.25. The lowest BCUT2D eigenvalue weighted by molar-refractivity contribution is -0.0224. The molecular weight excluding hydrogens is 360 g/mol. The molecule has 5 rings (SSSR count). The summed E-state index contributed by atoms with van der Waals surface area (Å²) in [6, 6.07) is 8.04. The van der Waals surface area contributed by atoms with E-state index in [9.17, 15) is 9.90 Å². The van der Waals surface area contributed by atoms with Crippen LogP contribution in [0.25, 0.3) is 12.2 Å². The van der Waals surface area contributed by atoms with E-state index in [1.807, 2.05) is 43.1 Å². The Hall–Kier alpha value is -2.46. The van der Waals surface area contributed by atoms with Gasteiger partial charge in [-0.15, -0.1) is 0 Å². The molecule has 1 aromatic carbocycles. The van der Waals surface area contributed by atoms with Gasteiger partial charge in [0.15, 0.2) is 0 Å². The van der Waals surface area contributed by atoms with Crippen molar-refractivity contribution in [2.75, 3.05) is 0 Å². The first kappa shape index (κ1) is 18.6. The fourth-order valence-corrected chi connectivity index (χ4v) is 5.22. The van der Waals surface area contributed by atoms with E-state index in [4.69, 9.17) is 0 Å². The number of aliphatic hydroxyl groups is 1. The second kappa shape index (κ2) is 6.81. The van der Waals surface area contributed by atoms with Gasteiger partial charge in [0, 0.05) is 18.4 Å². The molecule has 150 valence electrons. The Morgan fingerprint density at radius 2 is 1.97 bits per heavy atom. The summed E-state index contributed by atoms with van der Waals surface area (Å²) in [5.41, 5.74) is 5.69. The van der Waals surface area contributed by atoms with Crippen LogP contribution in [0.3, 0.4) is 0 Å². The summed E-state index contributed by atoms with van der Waals surface area (Å²) < 4.78 is 0. The lowest BCUT2D eigenvalue weighted by atomic mass is 9.93. The first-order chi connectivity index (χ1) is 13.9. The lowest BCUT2D eigenvalue weighted by Crippen LogP contribution is -2.51. The van der Waals surface area contributed by atoms with Crippen LogP contribution in [0, 0.1) is 5.92 Å². The van der Waals surface area contributed by atoms with E-state index in [0.29, 0.717) is 12.5 Å². The van der Waals surface area contributed by atoms with E-state index in [2.05, 4.69) is 23.2 Å². The zero-order chi connectivity index (χ0) is 20.2. The van der Waals surface area contributed by atoms with Crippen LogP contribution < -0.4 is 0 Å². The summed E-state index contributed by atoms with van der Waals surface area (Å²) in [5, 5.41) is 10.7. The summed E-state index contributed by atoms with van der Waals surface area (Å²) in [7, 11) is 0. The third kappa shape index (κ3) is 3.29. The van der Waals surface area contributed by atoms with Crippen molar-refractivity contribution in [3.63, 3.8) is 0 Å². The van der Waals surface area contributed by atoms with Crippen molar-refractivity contribution >= 4 is 18.1 Å². The zero-order valence-electron chi connectivity index (χ0n) is 17.2. The molecule has 1 atom stereocenters. The maximum atomic E-state index is 13.4. The summed E-state index contributed by atoms with van der Waals surface area (Å²) in [4.78, 5) is 19.8. The van der Waals surface area contributed by atoms with Crippen molar-refractivity contribution < 1.29 is 9.90 Å². The molecule has 0 bridgehead atoms. The van der Waals surface area contributed by atoms with Crippen molar-refractivity contribution in [1.82, 2.24) is 9.88 Å². The van der Waals surface area contributed by atoms with E-state index in [-0.39, 0.29) is 11.9 Å². The Morgan fingerprint density at radius 1 is 1.17 bits per heavy atom. The lowest BCUT2D eigenvalue weighted by Gasteiger charge is -2.37. The van der Waals surface area contributed by atoms with Gasteiger partial charge in [0.2, 0.25) is 0 Å². The summed E-state index contributed by atoms with van der Waals surface area (Å²) in [5.74, 6) is 0.464. The highest BCUT2D eigenvalue weighted by molar-refractivity contribution is 6.02. The molecule has 1 fully saturated rings. The van der Waals surface area contributed by atoms with E-state index in [1.54, 1.807) is 0 Å². The van der Waals surface area contributed by atoms with E-state index in [1.165, 1.54) is 23.2 Å². The first-order valence-corrected chi connectivity index (χ1v) is 10.7. The van der Waals surface area contributed by atoms with Crippen LogP contribution in [0.15, 0.2) is 30.5 Å². The van der Waals surface area contributed by atoms with Gasteiger partial charge < -0.3 is 10.0 Å². The van der Waals surface area contributed by atoms with Gasteiger partial charge in [0.25, 0.3) is 5.91 Å². The highest BCUT2D eigenvalue weighted by Gasteiger charge is 2.48. The van der Waals surface area contributed by atoms with Gasteiger partial charge in [0.1, 0.15) is 0 Å². The van der Waals surface area contributed by atoms with Gasteiger partial charge in [-0.05, 0) is 80.2 Å². The second-order valence-electron chi connectivity index (χ2n) is 9.26. The number of aromatic nitrogens is 1. The number of rotatable bonds is 5. The fourth-order valence-electron chi connectivity index (χ4n) is 5.22. The van der Waals surface area contributed by atoms with Gasteiger partial charge in [-0.3, -0.25) is 9.78 Å². The van der Waals surface area contributed by atoms with Gasteiger partial charge in [0.05, 0.1) is 17.2 Å². The summed E-state index contributed by atoms with van der Waals surface area (Å²) in [6.45, 7) is 4.25. The third-order valence-electron chi connectivity index (χ3n) is 6.59. The van der Waals surface area contributed by atoms with E-state index >= 15 is 0 Å². The number of nitrogens with zero attached hydrogens (tertiary/aromatic N) is 2. The fraction of sp³-hybridized carbons (Fsp3) is 0.440. The predicted molar refractivity (Wildman–Crippen MR) is 114 cm³/mol. The normalized spacial score (nSPS) is 19.7. The largest absolute Gasteiger partial charge is 0.388 e. The van der Waals surface area contributed by atoms with Crippen molar-refractivity contribution in [2.45, 2.75) is 64.1 Å². The number of hydrogen-bond donors (Lipinski definition) is 1. The first-order valence-electron chi connectivity index (χ1n) is 10.7. The van der Waals surface area contributed by atoms with Crippen molar-refractivity contribution in [2.24, 2.45) is 5.92 Å². The quantitative estimate of drug-likeness (QED) is 0.833. The molecule has 29 heavy (non-hydrogen) atoms. The van der Waals surface area contributed by atoms with Gasteiger partial charge in [-0.1, -0.05) is 30.4 Å². The minimum Gasteiger partial charge on any atom is -0.388 e. The van der Waals surface area contributed by atoms with Crippen molar-refractivity contribution in [3.8, 4) is 0 Å². The molecule has 4 heteroatoms. The summed E-state index contributed by atoms with van der Waals surface area (Å²) >= 11 is 0. The number of fused-ring (bicyclic) bond motifs is 2. The molecule has 1 saturated carbocycles. The molecule has 2 aliphatic carbocycles. The van der Waals surface area contributed by atoms with Crippen LogP contribution in [0.5, 0.6) is 0 Å². The van der Waals surface area contributed by atoms with E-state index in [0.717, 1.165) is 42.4 Å². The molecule has 0 saturated heterocycles. The number of carbonyl (C=O) groups excluding carboxylic acids is 1. The van der Waals surface area contributed by atoms with Crippen LogP contribution in [0.2, 0.25) is 0 Å². The monoisotopic (exact) mass is 388 g/mol. The molecule has 2 aromatic rings. The Labute approximate surface area is 172 Å². The molecule has 1 aromatic heterocycles. The van der Waals surface area contributed by atoms with Crippen molar-refractivity contribution in [1.29, 1.82) is 0 Å². The molecule has 1 aliphatic heterocycles. The average Bonchev–Trinajstić information content (AvgIpc) is 3.27. The zero-order valence-corrected chi connectivity index (χ0v) is 17.2. The highest BCUT2D eigenvalue weighted by atomic mass is 16.3. The molecule has 1 N–H and O–H groups in total. The minimum atomic E-state index is -0.896. The number of aryl methyl sites for hydroxylation is 1. The average molecular weight is 389 g/mol. The van der Waals surface area contributed by atoms with Crippen LogP contribution in [0.1, 0.15) is 71.4 Å². The van der Waals surface area contributed by atoms with Gasteiger partial charge in [-0.2, -0.15) is 0 Å². The van der Waals surface area contributed by atoms with Gasteiger partial charge in [-0.25, -0.2) is 0 Å². The highest BCUT2D eigenvalue weighted by Crippen LogP contribution is 2.43. The smallest absolute Gasteiger partial charge is 0.255 e. The minimum absolute atomic E-state index is 0.0548. The molecule has 0 spiro atoms. The Balaban J connectivity index is 1.47. The number of amides is 1. The molecule has 1 amide bonds. The SMILES string of the molecule is CC(C)(O)C(C1CC1)N1Cc2cccc(C=Cc3ccnc4c3CCC4)c2C1=O. The van der Waals surface area contributed by atoms with Crippen LogP contribution in [-0.2, 0) is 19.4 Å². The number of carbonyl (C=O) groups is 1. The summed E-state index contributed by atoms with van der Waals surface area (Å²) in [6.07, 6.45) is 11.6. The second-order valence-corrected chi connectivity index (χ2v) is 9.26.